The first kappa shape index (κ1) is 23.0. The van der Waals surface area contributed by atoms with Crippen molar-refractivity contribution in [2.45, 2.75) is 63.6 Å². The Bertz CT molecular complexity index is 808. The molecule has 2 saturated heterocycles. The molecule has 1 aromatic carbocycles. The van der Waals surface area contributed by atoms with E-state index in [9.17, 15) is 14.4 Å². The Balaban J connectivity index is 1.79. The summed E-state index contributed by atoms with van der Waals surface area (Å²) in [6.45, 7) is 5.55. The number of alkyl carbamates (subject to hydrolysis) is 1. The number of hydrogen-bond donors (Lipinski definition) is 1. The van der Waals surface area contributed by atoms with E-state index in [0.29, 0.717) is 6.42 Å². The molecule has 2 amide bonds. The Morgan fingerprint density at radius 3 is 2.58 bits per heavy atom. The average Bonchev–Trinajstić information content (AvgIpc) is 3.05. The quantitative estimate of drug-likeness (QED) is 0.723. The molecule has 2 unspecified atom stereocenters. The van der Waals surface area contributed by atoms with Crippen LogP contribution in [0.5, 0.6) is 0 Å². The summed E-state index contributed by atoms with van der Waals surface area (Å²) < 4.78 is 21.9. The molecule has 9 nitrogen and oxygen atoms in total. The van der Waals surface area contributed by atoms with E-state index >= 15 is 0 Å². The van der Waals surface area contributed by atoms with Crippen molar-refractivity contribution in [3.63, 3.8) is 0 Å². The van der Waals surface area contributed by atoms with Gasteiger partial charge in [-0.2, -0.15) is 0 Å². The maximum atomic E-state index is 13.3. The van der Waals surface area contributed by atoms with Crippen molar-refractivity contribution < 1.29 is 33.3 Å². The molecule has 0 bridgehead atoms. The highest BCUT2D eigenvalue weighted by Crippen LogP contribution is 2.39. The van der Waals surface area contributed by atoms with Crippen molar-refractivity contribution in [2.24, 2.45) is 0 Å². The third-order valence-electron chi connectivity index (χ3n) is 5.19. The largest absolute Gasteiger partial charge is 0.467 e. The first-order valence-electron chi connectivity index (χ1n) is 10.3. The molecule has 0 radical (unpaired) electrons. The van der Waals surface area contributed by atoms with Gasteiger partial charge in [-0.15, -0.1) is 0 Å². The second-order valence-corrected chi connectivity index (χ2v) is 8.68. The second-order valence-electron chi connectivity index (χ2n) is 8.68. The van der Waals surface area contributed by atoms with Gasteiger partial charge in [0.15, 0.2) is 11.8 Å². The number of ether oxygens (including phenoxy) is 4. The van der Waals surface area contributed by atoms with E-state index in [0.717, 1.165) is 5.56 Å². The van der Waals surface area contributed by atoms with Crippen molar-refractivity contribution in [1.29, 1.82) is 0 Å². The second kappa shape index (κ2) is 9.23. The molecule has 3 rings (SSSR count). The van der Waals surface area contributed by atoms with Crippen molar-refractivity contribution in [3.05, 3.63) is 35.9 Å². The van der Waals surface area contributed by atoms with Crippen LogP contribution in [0, 0.1) is 0 Å². The first-order chi connectivity index (χ1) is 14.6. The number of amides is 2. The zero-order chi connectivity index (χ0) is 22.6. The van der Waals surface area contributed by atoms with Gasteiger partial charge in [0, 0.05) is 12.8 Å². The predicted octanol–water partition coefficient (Wildman–Crippen LogP) is 1.99. The molecule has 0 aromatic heterocycles. The van der Waals surface area contributed by atoms with E-state index in [1.807, 2.05) is 30.3 Å². The van der Waals surface area contributed by atoms with Gasteiger partial charge in [-0.1, -0.05) is 30.3 Å². The molecular weight excluding hydrogens is 404 g/mol. The number of benzene rings is 1. The summed E-state index contributed by atoms with van der Waals surface area (Å²) in [6.07, 6.45) is -0.704. The van der Waals surface area contributed by atoms with Gasteiger partial charge < -0.3 is 18.9 Å². The normalized spacial score (nSPS) is 25.9. The lowest BCUT2D eigenvalue weighted by Gasteiger charge is -2.43. The van der Waals surface area contributed by atoms with Gasteiger partial charge in [-0.3, -0.25) is 15.0 Å². The maximum absolute atomic E-state index is 13.3. The van der Waals surface area contributed by atoms with Gasteiger partial charge in [0.25, 0.3) is 0 Å². The van der Waals surface area contributed by atoms with Crippen LogP contribution in [0.3, 0.4) is 0 Å². The number of nitrogens with one attached hydrogen (secondary N) is 1. The molecular formula is C22H30N2O7. The minimum Gasteiger partial charge on any atom is -0.467 e. The van der Waals surface area contributed by atoms with Gasteiger partial charge in [0.2, 0.25) is 5.91 Å². The van der Waals surface area contributed by atoms with Crippen LogP contribution in [0.4, 0.5) is 4.79 Å². The number of carbonyl (C=O) groups excluding carboxylic acids is 3. The lowest BCUT2D eigenvalue weighted by atomic mass is 9.98. The molecule has 2 fully saturated rings. The molecule has 0 aliphatic carbocycles. The maximum Gasteiger partial charge on any atom is 0.409 e. The SMILES string of the molecule is COC(=O)[C@@H]1COC2(CCOC(NC(=O)OC(C)(C)C)C2)N1C(=O)Cc1ccccc1. The lowest BCUT2D eigenvalue weighted by Crippen LogP contribution is -2.60. The highest BCUT2D eigenvalue weighted by molar-refractivity contribution is 5.87. The van der Waals surface area contributed by atoms with E-state index < -0.39 is 35.7 Å². The molecule has 1 N–H and O–H groups in total. The fourth-order valence-corrected chi connectivity index (χ4v) is 3.92. The summed E-state index contributed by atoms with van der Waals surface area (Å²) >= 11 is 0. The fraction of sp³-hybridized carbons (Fsp3) is 0.591. The van der Waals surface area contributed by atoms with Crippen LogP contribution >= 0.6 is 0 Å². The lowest BCUT2D eigenvalue weighted by molar-refractivity contribution is -0.186. The number of rotatable bonds is 4. The van der Waals surface area contributed by atoms with E-state index in [-0.39, 0.29) is 32.0 Å². The molecule has 0 saturated carbocycles. The smallest absolute Gasteiger partial charge is 0.409 e. The number of carbonyl (C=O) groups is 3. The minimum atomic E-state index is -1.08. The van der Waals surface area contributed by atoms with Gasteiger partial charge in [-0.05, 0) is 26.3 Å². The minimum absolute atomic E-state index is 0.0202. The molecule has 31 heavy (non-hydrogen) atoms. The highest BCUT2D eigenvalue weighted by Gasteiger charge is 2.55. The standard InChI is InChI=1S/C22H30N2O7/c1-21(2,3)31-20(27)23-17-13-22(10-11-29-17)24(16(14-30-22)19(26)28-4)18(25)12-15-8-6-5-7-9-15/h5-9,16-17H,10-14H2,1-4H3,(H,23,27)/t16-,17?,22?/m0/s1. The van der Waals surface area contributed by atoms with E-state index in [1.54, 1.807) is 20.8 Å². The Morgan fingerprint density at radius 2 is 1.94 bits per heavy atom. The molecule has 1 aromatic rings. The zero-order valence-corrected chi connectivity index (χ0v) is 18.4. The topological polar surface area (TPSA) is 103 Å². The van der Waals surface area contributed by atoms with Crippen LogP contribution in [-0.2, 0) is 35.0 Å². The molecule has 9 heteroatoms. The van der Waals surface area contributed by atoms with Gasteiger partial charge >= 0.3 is 12.1 Å². The first-order valence-corrected chi connectivity index (χ1v) is 10.3. The van der Waals surface area contributed by atoms with Crippen LogP contribution < -0.4 is 5.32 Å². The van der Waals surface area contributed by atoms with Gasteiger partial charge in [-0.25, -0.2) is 9.59 Å². The fourth-order valence-electron chi connectivity index (χ4n) is 3.92. The van der Waals surface area contributed by atoms with Crippen molar-refractivity contribution in [1.82, 2.24) is 10.2 Å². The summed E-state index contributed by atoms with van der Waals surface area (Å²) in [6, 6.07) is 8.42. The summed E-state index contributed by atoms with van der Waals surface area (Å²) in [5, 5.41) is 2.68. The summed E-state index contributed by atoms with van der Waals surface area (Å²) in [5.74, 6) is -0.793. The van der Waals surface area contributed by atoms with Crippen LogP contribution in [0.25, 0.3) is 0 Å². The molecule has 3 atom stereocenters. The van der Waals surface area contributed by atoms with Crippen LogP contribution in [-0.4, -0.2) is 66.8 Å². The molecule has 1 spiro atoms. The Hall–Kier alpha value is -2.65. The molecule has 2 aliphatic rings. The van der Waals surface area contributed by atoms with Crippen molar-refractivity contribution in [3.8, 4) is 0 Å². The summed E-state index contributed by atoms with van der Waals surface area (Å²) in [5.41, 5.74) is -0.912. The van der Waals surface area contributed by atoms with E-state index in [1.165, 1.54) is 12.0 Å². The van der Waals surface area contributed by atoms with Crippen molar-refractivity contribution in [2.75, 3.05) is 20.3 Å². The number of esters is 1. The summed E-state index contributed by atoms with van der Waals surface area (Å²) in [7, 11) is 1.28. The Kier molecular flexibility index (Phi) is 6.86. The average molecular weight is 434 g/mol. The third kappa shape index (κ3) is 5.54. The molecule has 170 valence electrons. The monoisotopic (exact) mass is 434 g/mol. The predicted molar refractivity (Wildman–Crippen MR) is 110 cm³/mol. The van der Waals surface area contributed by atoms with Crippen LogP contribution in [0.1, 0.15) is 39.2 Å². The highest BCUT2D eigenvalue weighted by atomic mass is 16.6. The van der Waals surface area contributed by atoms with Crippen molar-refractivity contribution >= 4 is 18.0 Å². The number of nitrogens with zero attached hydrogens (tertiary/aromatic N) is 1. The van der Waals surface area contributed by atoms with E-state index in [2.05, 4.69) is 5.32 Å². The van der Waals surface area contributed by atoms with E-state index in [4.69, 9.17) is 18.9 Å². The number of hydrogen-bond acceptors (Lipinski definition) is 7. The molecule has 2 aliphatic heterocycles. The Morgan fingerprint density at radius 1 is 1.23 bits per heavy atom. The Labute approximate surface area is 182 Å². The van der Waals surface area contributed by atoms with Gasteiger partial charge in [0.1, 0.15) is 11.8 Å². The van der Waals surface area contributed by atoms with Crippen LogP contribution in [0.15, 0.2) is 30.3 Å². The van der Waals surface area contributed by atoms with Crippen LogP contribution in [0.2, 0.25) is 0 Å². The molecule has 2 heterocycles. The number of methoxy groups -OCH3 is 1. The summed E-state index contributed by atoms with van der Waals surface area (Å²) in [4.78, 5) is 39.4. The zero-order valence-electron chi connectivity index (χ0n) is 18.4. The van der Waals surface area contributed by atoms with Gasteiger partial charge in [0.05, 0.1) is 26.7 Å². The third-order valence-corrected chi connectivity index (χ3v) is 5.19.